The summed E-state index contributed by atoms with van der Waals surface area (Å²) in [6.07, 6.45) is 0. The van der Waals surface area contributed by atoms with Crippen LogP contribution in [0.15, 0.2) is 22.7 Å². The zero-order valence-corrected chi connectivity index (χ0v) is 8.96. The Kier molecular flexibility index (Phi) is 2.90. The number of rotatable bonds is 2. The van der Waals surface area contributed by atoms with Gasteiger partial charge in [0.15, 0.2) is 5.82 Å². The third-order valence-electron chi connectivity index (χ3n) is 1.78. The molecule has 0 aliphatic carbocycles. The zero-order valence-electron chi connectivity index (χ0n) is 7.44. The first-order valence-corrected chi connectivity index (χ1v) is 4.85. The number of aromatic nitrogens is 2. The minimum atomic E-state index is -0.259. The topological polar surface area (TPSA) is 59.2 Å². The average molecular weight is 245 g/mol. The Morgan fingerprint density at radius 2 is 2.07 bits per heavy atom. The molecular formula is C9H6Cl2N2O2. The molecule has 0 aliphatic rings. The second-order valence-corrected chi connectivity index (χ2v) is 3.62. The number of hydrogen-bond donors (Lipinski definition) is 1. The number of halogens is 2. The first kappa shape index (κ1) is 10.4. The van der Waals surface area contributed by atoms with Crippen molar-refractivity contribution in [1.29, 1.82) is 0 Å². The van der Waals surface area contributed by atoms with Gasteiger partial charge in [-0.05, 0) is 18.2 Å². The van der Waals surface area contributed by atoms with Gasteiger partial charge in [-0.1, -0.05) is 28.4 Å². The minimum absolute atomic E-state index is 0.232. The SMILES string of the molecule is OCc1noc(-c2ccc(Cl)c(Cl)c2)n1. The fourth-order valence-corrected chi connectivity index (χ4v) is 1.36. The molecule has 0 amide bonds. The van der Waals surface area contributed by atoms with Crippen molar-refractivity contribution in [2.45, 2.75) is 6.61 Å². The number of aliphatic hydroxyl groups is 1. The molecule has 0 fully saturated rings. The fourth-order valence-electron chi connectivity index (χ4n) is 1.06. The predicted octanol–water partition coefficient (Wildman–Crippen LogP) is 2.54. The molecule has 0 atom stereocenters. The second-order valence-electron chi connectivity index (χ2n) is 2.80. The van der Waals surface area contributed by atoms with Crippen LogP contribution in [0.3, 0.4) is 0 Å². The highest BCUT2D eigenvalue weighted by molar-refractivity contribution is 6.42. The number of nitrogens with zero attached hydrogens (tertiary/aromatic N) is 2. The molecule has 0 saturated heterocycles. The zero-order chi connectivity index (χ0) is 10.8. The Balaban J connectivity index is 2.40. The minimum Gasteiger partial charge on any atom is -0.388 e. The van der Waals surface area contributed by atoms with E-state index in [1.165, 1.54) is 0 Å². The number of hydrogen-bond acceptors (Lipinski definition) is 4. The van der Waals surface area contributed by atoms with Crippen molar-refractivity contribution in [3.63, 3.8) is 0 Å². The summed E-state index contributed by atoms with van der Waals surface area (Å²) >= 11 is 11.6. The highest BCUT2D eigenvalue weighted by atomic mass is 35.5. The average Bonchev–Trinajstić information content (AvgIpc) is 2.70. The molecule has 2 aromatic rings. The Morgan fingerprint density at radius 3 is 2.67 bits per heavy atom. The van der Waals surface area contributed by atoms with Crippen LogP contribution in [0.1, 0.15) is 5.82 Å². The maximum absolute atomic E-state index is 8.76. The Morgan fingerprint density at radius 1 is 1.27 bits per heavy atom. The summed E-state index contributed by atoms with van der Waals surface area (Å²) in [6, 6.07) is 4.98. The molecule has 0 bridgehead atoms. The van der Waals surface area contributed by atoms with Crippen molar-refractivity contribution in [1.82, 2.24) is 10.1 Å². The molecule has 0 radical (unpaired) electrons. The van der Waals surface area contributed by atoms with E-state index in [0.717, 1.165) is 0 Å². The molecule has 1 heterocycles. The normalized spacial score (nSPS) is 10.6. The first-order valence-electron chi connectivity index (χ1n) is 4.09. The van der Waals surface area contributed by atoms with Gasteiger partial charge in [0.05, 0.1) is 10.0 Å². The van der Waals surface area contributed by atoms with E-state index in [9.17, 15) is 0 Å². The molecule has 1 N–H and O–H groups in total. The Labute approximate surface area is 95.4 Å². The van der Waals surface area contributed by atoms with Crippen molar-refractivity contribution >= 4 is 23.2 Å². The lowest BCUT2D eigenvalue weighted by Crippen LogP contribution is -1.85. The van der Waals surface area contributed by atoms with Gasteiger partial charge in [0.2, 0.25) is 0 Å². The Bertz CT molecular complexity index is 485. The summed E-state index contributed by atoms with van der Waals surface area (Å²) in [5.41, 5.74) is 0.664. The summed E-state index contributed by atoms with van der Waals surface area (Å²) in [7, 11) is 0. The van der Waals surface area contributed by atoms with Crippen molar-refractivity contribution in [3.8, 4) is 11.5 Å². The quantitative estimate of drug-likeness (QED) is 0.883. The van der Waals surface area contributed by atoms with E-state index >= 15 is 0 Å². The summed E-state index contributed by atoms with van der Waals surface area (Å²) in [4.78, 5) is 3.94. The largest absolute Gasteiger partial charge is 0.388 e. The van der Waals surface area contributed by atoms with Gasteiger partial charge in [-0.25, -0.2) is 0 Å². The Hall–Kier alpha value is -1.10. The molecule has 78 valence electrons. The number of aliphatic hydroxyl groups excluding tert-OH is 1. The van der Waals surface area contributed by atoms with Gasteiger partial charge in [0.1, 0.15) is 6.61 Å². The van der Waals surface area contributed by atoms with Gasteiger partial charge in [0, 0.05) is 5.56 Å². The van der Waals surface area contributed by atoms with Gasteiger partial charge < -0.3 is 9.63 Å². The van der Waals surface area contributed by atoms with Gasteiger partial charge in [0.25, 0.3) is 5.89 Å². The molecule has 6 heteroatoms. The van der Waals surface area contributed by atoms with E-state index in [1.54, 1.807) is 18.2 Å². The van der Waals surface area contributed by atoms with E-state index in [-0.39, 0.29) is 12.4 Å². The highest BCUT2D eigenvalue weighted by Gasteiger charge is 2.09. The van der Waals surface area contributed by atoms with Crippen LogP contribution in [0.2, 0.25) is 10.0 Å². The molecule has 1 aromatic carbocycles. The molecule has 4 nitrogen and oxygen atoms in total. The van der Waals surface area contributed by atoms with Crippen LogP contribution in [0.25, 0.3) is 11.5 Å². The maximum Gasteiger partial charge on any atom is 0.258 e. The molecule has 0 spiro atoms. The standard InChI is InChI=1S/C9H6Cl2N2O2/c10-6-2-1-5(3-7(6)11)9-12-8(4-14)13-15-9/h1-3,14H,4H2. The molecule has 0 unspecified atom stereocenters. The third kappa shape index (κ3) is 2.12. The van der Waals surface area contributed by atoms with E-state index in [4.69, 9.17) is 32.8 Å². The summed E-state index contributed by atoms with van der Waals surface area (Å²) in [5.74, 6) is 0.536. The van der Waals surface area contributed by atoms with Gasteiger partial charge in [-0.15, -0.1) is 0 Å². The highest BCUT2D eigenvalue weighted by Crippen LogP contribution is 2.27. The maximum atomic E-state index is 8.76. The molecular weight excluding hydrogens is 239 g/mol. The summed E-state index contributed by atoms with van der Waals surface area (Å²) in [5, 5.41) is 13.2. The van der Waals surface area contributed by atoms with E-state index < -0.39 is 0 Å². The smallest absolute Gasteiger partial charge is 0.258 e. The molecule has 15 heavy (non-hydrogen) atoms. The lowest BCUT2D eigenvalue weighted by atomic mass is 10.2. The number of benzene rings is 1. The lowest BCUT2D eigenvalue weighted by molar-refractivity contribution is 0.264. The molecule has 2 rings (SSSR count). The summed E-state index contributed by atoms with van der Waals surface area (Å²) in [6.45, 7) is -0.259. The van der Waals surface area contributed by atoms with Gasteiger partial charge >= 0.3 is 0 Å². The van der Waals surface area contributed by atoms with Crippen LogP contribution < -0.4 is 0 Å². The van der Waals surface area contributed by atoms with Gasteiger partial charge in [-0.3, -0.25) is 0 Å². The fraction of sp³-hybridized carbons (Fsp3) is 0.111. The van der Waals surface area contributed by atoms with E-state index in [0.29, 0.717) is 21.5 Å². The lowest BCUT2D eigenvalue weighted by Gasteiger charge is -1.97. The van der Waals surface area contributed by atoms with Crippen LogP contribution in [0.5, 0.6) is 0 Å². The van der Waals surface area contributed by atoms with Crippen LogP contribution in [-0.4, -0.2) is 15.2 Å². The van der Waals surface area contributed by atoms with Crippen LogP contribution >= 0.6 is 23.2 Å². The molecule has 0 saturated carbocycles. The van der Waals surface area contributed by atoms with Crippen molar-refractivity contribution in [3.05, 3.63) is 34.1 Å². The van der Waals surface area contributed by atoms with E-state index in [2.05, 4.69) is 10.1 Å². The van der Waals surface area contributed by atoms with Gasteiger partial charge in [-0.2, -0.15) is 4.98 Å². The van der Waals surface area contributed by atoms with Crippen molar-refractivity contribution < 1.29 is 9.63 Å². The van der Waals surface area contributed by atoms with Crippen molar-refractivity contribution in [2.24, 2.45) is 0 Å². The molecule has 1 aromatic heterocycles. The summed E-state index contributed by atoms with van der Waals surface area (Å²) < 4.78 is 4.91. The predicted molar refractivity (Wildman–Crippen MR) is 55.7 cm³/mol. The van der Waals surface area contributed by atoms with Crippen LogP contribution in [0, 0.1) is 0 Å². The second kappa shape index (κ2) is 4.18. The van der Waals surface area contributed by atoms with Crippen LogP contribution in [-0.2, 0) is 6.61 Å². The third-order valence-corrected chi connectivity index (χ3v) is 2.52. The van der Waals surface area contributed by atoms with E-state index in [1.807, 2.05) is 0 Å². The monoisotopic (exact) mass is 244 g/mol. The first-order chi connectivity index (χ1) is 7.20. The van der Waals surface area contributed by atoms with Crippen LogP contribution in [0.4, 0.5) is 0 Å². The van der Waals surface area contributed by atoms with Crippen molar-refractivity contribution in [2.75, 3.05) is 0 Å². The molecule has 0 aliphatic heterocycles.